The minimum atomic E-state index is 0.0895. The summed E-state index contributed by atoms with van der Waals surface area (Å²) >= 11 is 4.36. The maximum atomic E-state index is 12.5. The third kappa shape index (κ3) is 4.05. The molecule has 2 nitrogen and oxygen atoms in total. The third-order valence-corrected chi connectivity index (χ3v) is 3.41. The maximum Gasteiger partial charge on any atom is 0.255 e. The highest BCUT2D eigenvalue weighted by Crippen LogP contribution is 2.17. The molecule has 0 fully saturated rings. The lowest BCUT2D eigenvalue weighted by atomic mass is 10.1. The van der Waals surface area contributed by atoms with Crippen molar-refractivity contribution >= 4 is 18.5 Å². The van der Waals surface area contributed by atoms with Gasteiger partial charge in [-0.15, -0.1) is 12.6 Å². The summed E-state index contributed by atoms with van der Waals surface area (Å²) in [6, 6.07) is 7.72. The molecule has 1 amide bonds. The van der Waals surface area contributed by atoms with E-state index in [2.05, 4.69) is 33.4 Å². The van der Waals surface area contributed by atoms with Crippen molar-refractivity contribution in [2.45, 2.75) is 51.0 Å². The van der Waals surface area contributed by atoms with Crippen molar-refractivity contribution in [2.75, 3.05) is 6.54 Å². The van der Waals surface area contributed by atoms with Gasteiger partial charge in [0.15, 0.2) is 0 Å². The lowest BCUT2D eigenvalue weighted by molar-refractivity contribution is 0.0699. The summed E-state index contributed by atoms with van der Waals surface area (Å²) < 4.78 is 0. The minimum Gasteiger partial charge on any atom is -0.336 e. The Labute approximate surface area is 116 Å². The van der Waals surface area contributed by atoms with Gasteiger partial charge in [0.05, 0.1) is 5.56 Å². The first kappa shape index (κ1) is 15.1. The maximum absolute atomic E-state index is 12.5. The largest absolute Gasteiger partial charge is 0.336 e. The van der Waals surface area contributed by atoms with E-state index in [0.717, 1.165) is 17.9 Å². The van der Waals surface area contributed by atoms with Gasteiger partial charge in [-0.05, 0) is 32.4 Å². The summed E-state index contributed by atoms with van der Waals surface area (Å²) in [5, 5.41) is 0. The van der Waals surface area contributed by atoms with E-state index in [1.165, 1.54) is 12.8 Å². The van der Waals surface area contributed by atoms with Crippen molar-refractivity contribution < 1.29 is 4.79 Å². The van der Waals surface area contributed by atoms with Gasteiger partial charge in [-0.1, -0.05) is 31.9 Å². The van der Waals surface area contributed by atoms with Crippen LogP contribution < -0.4 is 0 Å². The first-order chi connectivity index (χ1) is 8.57. The van der Waals surface area contributed by atoms with Crippen LogP contribution in [0.3, 0.4) is 0 Å². The predicted molar refractivity (Wildman–Crippen MR) is 79.4 cm³/mol. The Balaban J connectivity index is 2.80. The van der Waals surface area contributed by atoms with Crippen LogP contribution in [0.15, 0.2) is 29.2 Å². The number of benzene rings is 1. The molecular formula is C15H23NOS. The van der Waals surface area contributed by atoms with Gasteiger partial charge in [0.2, 0.25) is 0 Å². The molecule has 0 aromatic heterocycles. The Hall–Kier alpha value is -0.960. The molecule has 0 aliphatic heterocycles. The molecule has 0 N–H and O–H groups in total. The lowest BCUT2D eigenvalue weighted by Gasteiger charge is -2.27. The normalized spacial score (nSPS) is 10.7. The van der Waals surface area contributed by atoms with Crippen LogP contribution in [-0.4, -0.2) is 23.4 Å². The molecule has 0 saturated heterocycles. The molecule has 0 spiro atoms. The molecule has 0 aliphatic carbocycles. The Morgan fingerprint density at radius 1 is 1.28 bits per heavy atom. The van der Waals surface area contributed by atoms with Crippen molar-refractivity contribution in [3.05, 3.63) is 29.8 Å². The van der Waals surface area contributed by atoms with E-state index >= 15 is 0 Å². The molecule has 1 rings (SSSR count). The average molecular weight is 265 g/mol. The molecule has 0 atom stereocenters. The Morgan fingerprint density at radius 3 is 2.50 bits per heavy atom. The molecule has 0 radical (unpaired) electrons. The standard InChI is InChI=1S/C15H23NOS/c1-4-5-8-11-16(12(2)3)15(17)13-9-6-7-10-14(13)18/h6-7,9-10,12,18H,4-5,8,11H2,1-3H3. The Bertz CT molecular complexity index is 390. The van der Waals surface area contributed by atoms with Gasteiger partial charge in [0, 0.05) is 17.5 Å². The second kappa shape index (κ2) is 7.47. The highest BCUT2D eigenvalue weighted by molar-refractivity contribution is 7.80. The van der Waals surface area contributed by atoms with Crippen LogP contribution in [0, 0.1) is 0 Å². The molecular weight excluding hydrogens is 242 g/mol. The fraction of sp³-hybridized carbons (Fsp3) is 0.533. The molecule has 0 aliphatic rings. The number of amides is 1. The van der Waals surface area contributed by atoms with E-state index in [0.29, 0.717) is 5.56 Å². The highest BCUT2D eigenvalue weighted by Gasteiger charge is 2.19. The fourth-order valence-electron chi connectivity index (χ4n) is 1.94. The second-order valence-electron chi connectivity index (χ2n) is 4.82. The van der Waals surface area contributed by atoms with Gasteiger partial charge in [-0.25, -0.2) is 0 Å². The summed E-state index contributed by atoms with van der Waals surface area (Å²) in [6.07, 6.45) is 3.40. The monoisotopic (exact) mass is 265 g/mol. The number of rotatable bonds is 6. The number of hydrogen-bond acceptors (Lipinski definition) is 2. The molecule has 0 bridgehead atoms. The third-order valence-electron chi connectivity index (χ3n) is 3.02. The minimum absolute atomic E-state index is 0.0895. The number of thiol groups is 1. The van der Waals surface area contributed by atoms with Crippen LogP contribution in [-0.2, 0) is 0 Å². The molecule has 3 heteroatoms. The summed E-state index contributed by atoms with van der Waals surface area (Å²) in [5.41, 5.74) is 0.700. The summed E-state index contributed by atoms with van der Waals surface area (Å²) in [4.78, 5) is 15.2. The van der Waals surface area contributed by atoms with Crippen LogP contribution in [0.2, 0.25) is 0 Å². The predicted octanol–water partition coefficient (Wildman–Crippen LogP) is 4.02. The summed E-state index contributed by atoms with van der Waals surface area (Å²) in [7, 11) is 0. The molecule has 100 valence electrons. The van der Waals surface area contributed by atoms with Crippen molar-refractivity contribution in [1.29, 1.82) is 0 Å². The van der Waals surface area contributed by atoms with Gasteiger partial charge in [0.25, 0.3) is 5.91 Å². The van der Waals surface area contributed by atoms with Crippen LogP contribution in [0.1, 0.15) is 50.4 Å². The zero-order chi connectivity index (χ0) is 13.5. The second-order valence-corrected chi connectivity index (χ2v) is 5.30. The SMILES string of the molecule is CCCCCN(C(=O)c1ccccc1S)C(C)C. The van der Waals surface area contributed by atoms with E-state index in [1.807, 2.05) is 29.2 Å². The van der Waals surface area contributed by atoms with Gasteiger partial charge < -0.3 is 4.90 Å². The zero-order valence-corrected chi connectivity index (χ0v) is 12.4. The van der Waals surface area contributed by atoms with E-state index in [1.54, 1.807) is 0 Å². The van der Waals surface area contributed by atoms with Gasteiger partial charge in [-0.3, -0.25) is 4.79 Å². The topological polar surface area (TPSA) is 20.3 Å². The van der Waals surface area contributed by atoms with Crippen molar-refractivity contribution in [3.8, 4) is 0 Å². The number of carbonyl (C=O) groups excluding carboxylic acids is 1. The van der Waals surface area contributed by atoms with E-state index in [-0.39, 0.29) is 11.9 Å². The molecule has 0 unspecified atom stereocenters. The molecule has 18 heavy (non-hydrogen) atoms. The van der Waals surface area contributed by atoms with Gasteiger partial charge in [-0.2, -0.15) is 0 Å². The number of hydrogen-bond donors (Lipinski definition) is 1. The molecule has 0 saturated carbocycles. The summed E-state index contributed by atoms with van der Waals surface area (Å²) in [6.45, 7) is 7.12. The fourth-order valence-corrected chi connectivity index (χ4v) is 2.19. The lowest BCUT2D eigenvalue weighted by Crippen LogP contribution is -2.37. The number of carbonyl (C=O) groups is 1. The van der Waals surface area contributed by atoms with E-state index in [4.69, 9.17) is 0 Å². The molecule has 0 heterocycles. The first-order valence-corrected chi connectivity index (χ1v) is 7.11. The average Bonchev–Trinajstić information content (AvgIpc) is 2.34. The first-order valence-electron chi connectivity index (χ1n) is 6.66. The van der Waals surface area contributed by atoms with Crippen molar-refractivity contribution in [3.63, 3.8) is 0 Å². The van der Waals surface area contributed by atoms with Crippen molar-refractivity contribution in [2.24, 2.45) is 0 Å². The van der Waals surface area contributed by atoms with Crippen molar-refractivity contribution in [1.82, 2.24) is 4.90 Å². The smallest absolute Gasteiger partial charge is 0.255 e. The van der Waals surface area contributed by atoms with Crippen LogP contribution in [0.4, 0.5) is 0 Å². The van der Waals surface area contributed by atoms with Crippen LogP contribution in [0.5, 0.6) is 0 Å². The molecule has 1 aromatic carbocycles. The molecule has 1 aromatic rings. The van der Waals surface area contributed by atoms with Crippen LogP contribution >= 0.6 is 12.6 Å². The quantitative estimate of drug-likeness (QED) is 0.608. The van der Waals surface area contributed by atoms with Gasteiger partial charge in [0.1, 0.15) is 0 Å². The van der Waals surface area contributed by atoms with Gasteiger partial charge >= 0.3 is 0 Å². The van der Waals surface area contributed by atoms with E-state index < -0.39 is 0 Å². The highest BCUT2D eigenvalue weighted by atomic mass is 32.1. The Morgan fingerprint density at radius 2 is 1.94 bits per heavy atom. The van der Waals surface area contributed by atoms with Crippen LogP contribution in [0.25, 0.3) is 0 Å². The zero-order valence-electron chi connectivity index (χ0n) is 11.5. The Kier molecular flexibility index (Phi) is 6.27. The number of unbranched alkanes of at least 4 members (excludes halogenated alkanes) is 2. The van der Waals surface area contributed by atoms with E-state index in [9.17, 15) is 4.79 Å². The summed E-state index contributed by atoms with van der Waals surface area (Å²) in [5.74, 6) is 0.0895. The number of nitrogens with zero attached hydrogens (tertiary/aromatic N) is 1.